The van der Waals surface area contributed by atoms with E-state index in [-0.39, 0.29) is 0 Å². The summed E-state index contributed by atoms with van der Waals surface area (Å²) >= 11 is 0. The van der Waals surface area contributed by atoms with Crippen molar-refractivity contribution in [2.75, 3.05) is 0 Å². The number of rotatable bonds is 0. The minimum atomic E-state index is 0.444. The Kier molecular flexibility index (Phi) is 1.02. The van der Waals surface area contributed by atoms with Gasteiger partial charge in [-0.2, -0.15) is 0 Å². The van der Waals surface area contributed by atoms with E-state index >= 15 is 0 Å². The molecule has 7 heavy (non-hydrogen) atoms. The van der Waals surface area contributed by atoms with Crippen LogP contribution in [0, 0.1) is 12.3 Å². The van der Waals surface area contributed by atoms with E-state index in [1.54, 1.807) is 0 Å². The summed E-state index contributed by atoms with van der Waals surface area (Å²) in [5, 5.41) is 0. The first-order chi connectivity index (χ1) is 3.21. The van der Waals surface area contributed by atoms with Crippen LogP contribution in [0.15, 0.2) is 0 Å². The van der Waals surface area contributed by atoms with Gasteiger partial charge in [-0.15, -0.1) is 0 Å². The Morgan fingerprint density at radius 2 is 1.71 bits per heavy atom. The lowest BCUT2D eigenvalue weighted by Crippen LogP contribution is -2.02. The molecule has 0 aromatic carbocycles. The molecule has 0 amide bonds. The second kappa shape index (κ2) is 1.43. The van der Waals surface area contributed by atoms with Gasteiger partial charge in [0.05, 0.1) is 6.92 Å². The van der Waals surface area contributed by atoms with Gasteiger partial charge >= 0.3 is 0 Å². The third-order valence-electron chi connectivity index (χ3n) is 1.81. The van der Waals surface area contributed by atoms with E-state index in [0.29, 0.717) is 5.41 Å². The van der Waals surface area contributed by atoms with E-state index in [1.807, 2.05) is 0 Å². The van der Waals surface area contributed by atoms with Crippen molar-refractivity contribution in [3.05, 3.63) is 6.92 Å². The second-order valence-electron chi connectivity index (χ2n) is 3.02. The van der Waals surface area contributed by atoms with Crippen molar-refractivity contribution in [3.8, 4) is 0 Å². The molecular weight excluding hydrogens is 84.1 g/mol. The lowest BCUT2D eigenvalue weighted by molar-refractivity contribution is 0.441. The fraction of sp³-hybridized carbons (Fsp3) is 0.857. The van der Waals surface area contributed by atoms with Gasteiger partial charge in [-0.05, 0) is 32.6 Å². The summed E-state index contributed by atoms with van der Waals surface area (Å²) in [6.07, 6.45) is 5.49. The van der Waals surface area contributed by atoms with Gasteiger partial charge in [-0.25, -0.2) is 0 Å². The highest BCUT2D eigenvalue weighted by Crippen LogP contribution is 2.35. The molecule has 0 saturated heterocycles. The van der Waals surface area contributed by atoms with Crippen molar-refractivity contribution in [1.29, 1.82) is 0 Å². The first-order valence-electron chi connectivity index (χ1n) is 3.06. The molecular formula is C7H13+. The topological polar surface area (TPSA) is 0 Å². The van der Waals surface area contributed by atoms with E-state index in [0.717, 1.165) is 0 Å². The van der Waals surface area contributed by atoms with Crippen molar-refractivity contribution >= 4 is 0 Å². The predicted molar refractivity (Wildman–Crippen MR) is 31.9 cm³/mol. The van der Waals surface area contributed by atoms with Crippen LogP contribution >= 0.6 is 0 Å². The molecule has 1 fully saturated rings. The third-order valence-corrected chi connectivity index (χ3v) is 1.81. The van der Waals surface area contributed by atoms with Crippen molar-refractivity contribution in [2.45, 2.75) is 32.6 Å². The standard InChI is InChI=1S/C7H13/c1-7(2)5-3-4-6-7/h1,3-6H2,2H3/q+1. The number of hydrogen-bond donors (Lipinski definition) is 0. The quantitative estimate of drug-likeness (QED) is 0.407. The van der Waals surface area contributed by atoms with Crippen molar-refractivity contribution < 1.29 is 0 Å². The van der Waals surface area contributed by atoms with E-state index in [2.05, 4.69) is 13.8 Å². The van der Waals surface area contributed by atoms with Gasteiger partial charge in [0, 0.05) is 0 Å². The van der Waals surface area contributed by atoms with Crippen LogP contribution in [0.5, 0.6) is 0 Å². The molecule has 0 heterocycles. The molecule has 0 spiro atoms. The fourth-order valence-corrected chi connectivity index (χ4v) is 1.23. The van der Waals surface area contributed by atoms with Crippen LogP contribution in [0.4, 0.5) is 0 Å². The normalized spacial score (nSPS) is 28.1. The third kappa shape index (κ3) is 1.12. The van der Waals surface area contributed by atoms with Crippen molar-refractivity contribution in [1.82, 2.24) is 0 Å². The maximum Gasteiger partial charge on any atom is 0.103 e. The SMILES string of the molecule is [CH2+]C1(C)CCCC1. The van der Waals surface area contributed by atoms with Gasteiger partial charge in [0.2, 0.25) is 0 Å². The maximum atomic E-state index is 4.07. The van der Waals surface area contributed by atoms with Gasteiger partial charge < -0.3 is 0 Å². The second-order valence-corrected chi connectivity index (χ2v) is 3.02. The summed E-state index contributed by atoms with van der Waals surface area (Å²) in [6, 6.07) is 0. The van der Waals surface area contributed by atoms with Gasteiger partial charge in [0.15, 0.2) is 0 Å². The summed E-state index contributed by atoms with van der Waals surface area (Å²) in [5.74, 6) is 0. The molecule has 0 atom stereocenters. The van der Waals surface area contributed by atoms with E-state index < -0.39 is 0 Å². The van der Waals surface area contributed by atoms with E-state index in [9.17, 15) is 0 Å². The van der Waals surface area contributed by atoms with E-state index in [1.165, 1.54) is 25.7 Å². The molecule has 40 valence electrons. The molecule has 0 unspecified atom stereocenters. The Bertz CT molecular complexity index is 54.4. The summed E-state index contributed by atoms with van der Waals surface area (Å²) < 4.78 is 0. The Morgan fingerprint density at radius 3 is 1.86 bits per heavy atom. The molecule has 1 saturated carbocycles. The van der Waals surface area contributed by atoms with Crippen molar-refractivity contribution in [3.63, 3.8) is 0 Å². The lowest BCUT2D eigenvalue weighted by atomic mass is 9.92. The predicted octanol–water partition coefficient (Wildman–Crippen LogP) is 2.40. The zero-order valence-corrected chi connectivity index (χ0v) is 5.04. The molecule has 0 nitrogen and oxygen atoms in total. The van der Waals surface area contributed by atoms with Gasteiger partial charge in [-0.3, -0.25) is 0 Å². The first kappa shape index (κ1) is 5.02. The molecule has 1 rings (SSSR count). The summed E-state index contributed by atoms with van der Waals surface area (Å²) in [7, 11) is 0. The van der Waals surface area contributed by atoms with Gasteiger partial charge in [0.25, 0.3) is 0 Å². The zero-order chi connectivity index (χ0) is 5.33. The highest BCUT2D eigenvalue weighted by Gasteiger charge is 2.29. The first-order valence-corrected chi connectivity index (χ1v) is 3.06. The Balaban J connectivity index is 2.40. The molecule has 0 aliphatic heterocycles. The summed E-state index contributed by atoms with van der Waals surface area (Å²) in [4.78, 5) is 0. The van der Waals surface area contributed by atoms with Crippen LogP contribution in [0.2, 0.25) is 0 Å². The monoisotopic (exact) mass is 97.1 g/mol. The lowest BCUT2D eigenvalue weighted by Gasteiger charge is -2.04. The van der Waals surface area contributed by atoms with Gasteiger partial charge in [0.1, 0.15) is 5.41 Å². The molecule has 0 N–H and O–H groups in total. The van der Waals surface area contributed by atoms with Crippen LogP contribution in [-0.4, -0.2) is 0 Å². The Morgan fingerprint density at radius 1 is 1.29 bits per heavy atom. The zero-order valence-electron chi connectivity index (χ0n) is 5.04. The van der Waals surface area contributed by atoms with Crippen LogP contribution < -0.4 is 0 Å². The molecule has 1 aliphatic carbocycles. The van der Waals surface area contributed by atoms with Crippen molar-refractivity contribution in [2.24, 2.45) is 5.41 Å². The highest BCUT2D eigenvalue weighted by atomic mass is 14.3. The average molecular weight is 97.2 g/mol. The van der Waals surface area contributed by atoms with Crippen LogP contribution in [0.25, 0.3) is 0 Å². The largest absolute Gasteiger partial charge is 0.103 e. The Labute approximate surface area is 45.9 Å². The molecule has 0 aromatic rings. The fourth-order valence-electron chi connectivity index (χ4n) is 1.23. The van der Waals surface area contributed by atoms with Crippen LogP contribution in [-0.2, 0) is 0 Å². The Hall–Kier alpha value is -0.130. The number of hydrogen-bond acceptors (Lipinski definition) is 0. The summed E-state index contributed by atoms with van der Waals surface area (Å²) in [6.45, 7) is 6.32. The van der Waals surface area contributed by atoms with Crippen LogP contribution in [0.3, 0.4) is 0 Å². The smallest absolute Gasteiger partial charge is 0.0485 e. The summed E-state index contributed by atoms with van der Waals surface area (Å²) in [5.41, 5.74) is 0.444. The maximum absolute atomic E-state index is 4.07. The minimum absolute atomic E-state index is 0.444. The molecule has 1 aliphatic rings. The molecule has 0 radical (unpaired) electrons. The van der Waals surface area contributed by atoms with Gasteiger partial charge in [-0.1, -0.05) is 0 Å². The average Bonchev–Trinajstić information content (AvgIpc) is 1.84. The van der Waals surface area contributed by atoms with Crippen LogP contribution in [0.1, 0.15) is 32.6 Å². The minimum Gasteiger partial charge on any atom is -0.0485 e. The van der Waals surface area contributed by atoms with E-state index in [4.69, 9.17) is 0 Å². The molecule has 0 heteroatoms. The molecule has 0 bridgehead atoms. The molecule has 0 aromatic heterocycles. The highest BCUT2D eigenvalue weighted by molar-refractivity contribution is 4.81.